The van der Waals surface area contributed by atoms with Gasteiger partial charge in [-0.05, 0) is 16.7 Å². The number of carbonyl (C=O) groups is 2. The van der Waals surface area contributed by atoms with E-state index in [2.05, 4.69) is 5.32 Å². The van der Waals surface area contributed by atoms with Gasteiger partial charge in [-0.2, -0.15) is 0 Å². The molecule has 2 rings (SSSR count). The molecule has 0 bridgehead atoms. The van der Waals surface area contributed by atoms with Crippen molar-refractivity contribution in [3.05, 3.63) is 71.3 Å². The lowest BCUT2D eigenvalue weighted by Crippen LogP contribution is -2.40. The topological polar surface area (TPSA) is 78.9 Å². The van der Waals surface area contributed by atoms with Crippen LogP contribution in [0.4, 0.5) is 4.79 Å². The van der Waals surface area contributed by atoms with Crippen molar-refractivity contribution in [1.82, 2.24) is 10.2 Å². The van der Waals surface area contributed by atoms with E-state index >= 15 is 0 Å². The zero-order valence-electron chi connectivity index (χ0n) is 15.7. The average molecular weight is 370 g/mol. The predicted molar refractivity (Wildman–Crippen MR) is 103 cm³/mol. The number of carboxylic acids is 1. The number of nitrogens with one attached hydrogen (secondary N) is 1. The van der Waals surface area contributed by atoms with Crippen LogP contribution in [-0.2, 0) is 29.3 Å². The van der Waals surface area contributed by atoms with Crippen LogP contribution < -0.4 is 5.32 Å². The molecule has 2 aromatic carbocycles. The van der Waals surface area contributed by atoms with Gasteiger partial charge in [-0.25, -0.2) is 4.79 Å². The summed E-state index contributed by atoms with van der Waals surface area (Å²) in [7, 11) is 1.59. The summed E-state index contributed by atoms with van der Waals surface area (Å²) in [5, 5.41) is 11.7. The Morgan fingerprint density at radius 1 is 1.04 bits per heavy atom. The molecule has 0 aromatic heterocycles. The molecule has 144 valence electrons. The van der Waals surface area contributed by atoms with E-state index in [-0.39, 0.29) is 12.6 Å². The molecular weight excluding hydrogens is 344 g/mol. The van der Waals surface area contributed by atoms with Gasteiger partial charge in [0.2, 0.25) is 0 Å². The molecule has 27 heavy (non-hydrogen) atoms. The highest BCUT2D eigenvalue weighted by Crippen LogP contribution is 2.09. The summed E-state index contributed by atoms with van der Waals surface area (Å²) in [6.07, 6.45) is 0. The Kier molecular flexibility index (Phi) is 7.82. The van der Waals surface area contributed by atoms with Crippen LogP contribution in [0, 0.1) is 5.92 Å². The summed E-state index contributed by atoms with van der Waals surface area (Å²) in [6, 6.07) is 17.5. The second-order valence-electron chi connectivity index (χ2n) is 6.58. The predicted octanol–water partition coefficient (Wildman–Crippen LogP) is 3.27. The SMILES string of the molecule is CC(CN(C)C(=O)NCc1cccc(COCc2ccccc2)c1)C(=O)O. The third-order valence-corrected chi connectivity index (χ3v) is 4.13. The van der Waals surface area contributed by atoms with Gasteiger partial charge < -0.3 is 20.1 Å². The maximum absolute atomic E-state index is 12.1. The first-order chi connectivity index (χ1) is 13.0. The minimum Gasteiger partial charge on any atom is -0.481 e. The summed E-state index contributed by atoms with van der Waals surface area (Å²) in [5.74, 6) is -1.52. The first-order valence-corrected chi connectivity index (χ1v) is 8.87. The second kappa shape index (κ2) is 10.3. The van der Waals surface area contributed by atoms with Gasteiger partial charge in [0.25, 0.3) is 0 Å². The molecule has 0 spiro atoms. The average Bonchev–Trinajstić information content (AvgIpc) is 2.67. The smallest absolute Gasteiger partial charge is 0.317 e. The minimum absolute atomic E-state index is 0.161. The van der Waals surface area contributed by atoms with Crippen molar-refractivity contribution >= 4 is 12.0 Å². The molecule has 2 aromatic rings. The van der Waals surface area contributed by atoms with Crippen LogP contribution in [0.25, 0.3) is 0 Å². The van der Waals surface area contributed by atoms with E-state index in [0.717, 1.165) is 16.7 Å². The second-order valence-corrected chi connectivity index (χ2v) is 6.58. The normalized spacial score (nSPS) is 11.6. The molecule has 0 aliphatic rings. The molecule has 6 nitrogen and oxygen atoms in total. The van der Waals surface area contributed by atoms with Crippen molar-refractivity contribution in [2.24, 2.45) is 5.92 Å². The molecule has 0 saturated carbocycles. The van der Waals surface area contributed by atoms with Crippen LogP contribution in [-0.4, -0.2) is 35.6 Å². The number of amides is 2. The molecule has 6 heteroatoms. The Bertz CT molecular complexity index is 749. The fraction of sp³-hybridized carbons (Fsp3) is 0.333. The highest BCUT2D eigenvalue weighted by Gasteiger charge is 2.17. The van der Waals surface area contributed by atoms with Gasteiger partial charge in [0, 0.05) is 20.1 Å². The lowest BCUT2D eigenvalue weighted by atomic mass is 10.1. The quantitative estimate of drug-likeness (QED) is 0.710. The summed E-state index contributed by atoms with van der Waals surface area (Å²) in [6.45, 7) is 3.15. The van der Waals surface area contributed by atoms with Crippen LogP contribution in [0.2, 0.25) is 0 Å². The molecule has 0 aliphatic heterocycles. The van der Waals surface area contributed by atoms with E-state index in [1.165, 1.54) is 4.90 Å². The Hall–Kier alpha value is -2.86. The van der Waals surface area contributed by atoms with Crippen LogP contribution in [0.15, 0.2) is 54.6 Å². The number of aliphatic carboxylic acids is 1. The van der Waals surface area contributed by atoms with Crippen molar-refractivity contribution in [3.63, 3.8) is 0 Å². The molecule has 0 heterocycles. The zero-order valence-corrected chi connectivity index (χ0v) is 15.7. The summed E-state index contributed by atoms with van der Waals surface area (Å²) in [4.78, 5) is 24.3. The number of carbonyl (C=O) groups excluding carboxylic acids is 1. The van der Waals surface area contributed by atoms with Crippen molar-refractivity contribution in [3.8, 4) is 0 Å². The molecule has 1 unspecified atom stereocenters. The lowest BCUT2D eigenvalue weighted by Gasteiger charge is -2.20. The van der Waals surface area contributed by atoms with E-state index in [9.17, 15) is 9.59 Å². The van der Waals surface area contributed by atoms with Crippen molar-refractivity contribution in [1.29, 1.82) is 0 Å². The highest BCUT2D eigenvalue weighted by molar-refractivity contribution is 5.75. The number of nitrogens with zero attached hydrogens (tertiary/aromatic N) is 1. The van der Waals surface area contributed by atoms with Crippen molar-refractivity contribution in [2.45, 2.75) is 26.7 Å². The number of ether oxygens (including phenoxy) is 1. The first kappa shape index (κ1) is 20.5. The van der Waals surface area contributed by atoms with Crippen LogP contribution in [0.5, 0.6) is 0 Å². The molecule has 1 atom stereocenters. The van der Waals surface area contributed by atoms with Gasteiger partial charge in [-0.3, -0.25) is 4.79 Å². The fourth-order valence-corrected chi connectivity index (χ4v) is 2.57. The fourth-order valence-electron chi connectivity index (χ4n) is 2.57. The number of carboxylic acid groups (broad SMARTS) is 1. The zero-order chi connectivity index (χ0) is 19.6. The monoisotopic (exact) mass is 370 g/mol. The number of urea groups is 1. The molecule has 2 amide bonds. The number of hydrogen-bond donors (Lipinski definition) is 2. The van der Waals surface area contributed by atoms with E-state index in [1.54, 1.807) is 14.0 Å². The van der Waals surface area contributed by atoms with Crippen molar-refractivity contribution < 1.29 is 19.4 Å². The number of rotatable bonds is 9. The Balaban J connectivity index is 1.79. The van der Waals surface area contributed by atoms with Gasteiger partial charge in [-0.1, -0.05) is 61.5 Å². The first-order valence-electron chi connectivity index (χ1n) is 8.87. The summed E-state index contributed by atoms with van der Waals surface area (Å²) in [5.41, 5.74) is 3.12. The lowest BCUT2D eigenvalue weighted by molar-refractivity contribution is -0.141. The van der Waals surface area contributed by atoms with E-state index < -0.39 is 11.9 Å². The molecule has 0 aliphatic carbocycles. The number of hydrogen-bond acceptors (Lipinski definition) is 3. The van der Waals surface area contributed by atoms with Gasteiger partial charge >= 0.3 is 12.0 Å². The van der Waals surface area contributed by atoms with Gasteiger partial charge in [0.05, 0.1) is 19.1 Å². The highest BCUT2D eigenvalue weighted by atomic mass is 16.5. The standard InChI is InChI=1S/C21H26N2O4/c1-16(20(24)25)13-23(2)21(26)22-12-18-9-6-10-19(11-18)15-27-14-17-7-4-3-5-8-17/h3-11,16H,12-15H2,1-2H3,(H,22,26)(H,24,25). The minimum atomic E-state index is -0.919. The molecule has 0 saturated heterocycles. The molecular formula is C21H26N2O4. The van der Waals surface area contributed by atoms with Gasteiger partial charge in [0.1, 0.15) is 0 Å². The van der Waals surface area contributed by atoms with Crippen molar-refractivity contribution in [2.75, 3.05) is 13.6 Å². The number of benzene rings is 2. The van der Waals surface area contributed by atoms with E-state index in [0.29, 0.717) is 19.8 Å². The maximum atomic E-state index is 12.1. The largest absolute Gasteiger partial charge is 0.481 e. The van der Waals surface area contributed by atoms with Crippen LogP contribution in [0.1, 0.15) is 23.6 Å². The summed E-state index contributed by atoms with van der Waals surface area (Å²) < 4.78 is 5.74. The molecule has 0 radical (unpaired) electrons. The van der Waals surface area contributed by atoms with Gasteiger partial charge in [0.15, 0.2) is 0 Å². The summed E-state index contributed by atoms with van der Waals surface area (Å²) >= 11 is 0. The van der Waals surface area contributed by atoms with E-state index in [4.69, 9.17) is 9.84 Å². The third kappa shape index (κ3) is 7.11. The Labute approximate surface area is 159 Å². The molecule has 2 N–H and O–H groups in total. The Morgan fingerprint density at radius 2 is 1.67 bits per heavy atom. The Morgan fingerprint density at radius 3 is 2.37 bits per heavy atom. The van der Waals surface area contributed by atoms with Crippen LogP contribution in [0.3, 0.4) is 0 Å². The third-order valence-electron chi connectivity index (χ3n) is 4.13. The van der Waals surface area contributed by atoms with E-state index in [1.807, 2.05) is 54.6 Å². The maximum Gasteiger partial charge on any atom is 0.317 e. The van der Waals surface area contributed by atoms with Gasteiger partial charge in [-0.15, -0.1) is 0 Å². The molecule has 0 fully saturated rings. The van der Waals surface area contributed by atoms with Crippen LogP contribution >= 0.6 is 0 Å².